The number of aryl methyl sites for hydroxylation is 2. The van der Waals surface area contributed by atoms with Crippen LogP contribution in [0.3, 0.4) is 0 Å². The predicted octanol–water partition coefficient (Wildman–Crippen LogP) is 2.26. The topological polar surface area (TPSA) is 46.9 Å². The van der Waals surface area contributed by atoms with E-state index in [0.29, 0.717) is 13.0 Å². The first-order valence-corrected chi connectivity index (χ1v) is 6.39. The van der Waals surface area contributed by atoms with Gasteiger partial charge in [-0.25, -0.2) is 0 Å². The highest BCUT2D eigenvalue weighted by molar-refractivity contribution is 5.79. The molecule has 0 radical (unpaired) electrons. The highest BCUT2D eigenvalue weighted by Crippen LogP contribution is 2.15. The van der Waals surface area contributed by atoms with E-state index in [0.717, 1.165) is 23.9 Å². The molecule has 0 unspecified atom stereocenters. The number of rotatable bonds is 5. The lowest BCUT2D eigenvalue weighted by Gasteiger charge is -2.05. The van der Waals surface area contributed by atoms with Gasteiger partial charge in [-0.3, -0.25) is 9.48 Å². The number of carbonyl (C=O) groups is 1. The molecule has 2 aromatic rings. The van der Waals surface area contributed by atoms with E-state index in [1.807, 2.05) is 17.8 Å². The lowest BCUT2D eigenvalue weighted by Crippen LogP contribution is -2.24. The van der Waals surface area contributed by atoms with Gasteiger partial charge in [-0.15, -0.1) is 0 Å². The molecule has 4 nitrogen and oxygen atoms in total. The van der Waals surface area contributed by atoms with Gasteiger partial charge >= 0.3 is 0 Å². The number of carbonyl (C=O) groups excluding carboxylic acids is 1. The normalized spacial score (nSPS) is 10.8. The van der Waals surface area contributed by atoms with Gasteiger partial charge < -0.3 is 5.32 Å². The van der Waals surface area contributed by atoms with E-state index in [1.54, 1.807) is 0 Å². The van der Waals surface area contributed by atoms with Crippen molar-refractivity contribution in [2.45, 2.75) is 33.2 Å². The average Bonchev–Trinajstić information content (AvgIpc) is 2.77. The summed E-state index contributed by atoms with van der Waals surface area (Å²) < 4.78 is 2.00. The van der Waals surface area contributed by atoms with E-state index in [4.69, 9.17) is 0 Å². The van der Waals surface area contributed by atoms with Crippen LogP contribution in [0, 0.1) is 6.92 Å². The largest absolute Gasteiger partial charge is 0.356 e. The third-order valence-electron chi connectivity index (χ3n) is 2.99. The van der Waals surface area contributed by atoms with Crippen molar-refractivity contribution in [3.63, 3.8) is 0 Å². The Hall–Kier alpha value is -1.84. The number of nitrogens with one attached hydrogen (secondary N) is 1. The Labute approximate surface area is 107 Å². The molecule has 1 amide bonds. The maximum Gasteiger partial charge on any atom is 0.219 e. The zero-order chi connectivity index (χ0) is 13.0. The first kappa shape index (κ1) is 12.6. The summed E-state index contributed by atoms with van der Waals surface area (Å²) in [6.45, 7) is 5.48. The second kappa shape index (κ2) is 5.67. The van der Waals surface area contributed by atoms with E-state index in [1.165, 1.54) is 5.56 Å². The van der Waals surface area contributed by atoms with Crippen molar-refractivity contribution in [1.82, 2.24) is 15.1 Å². The fourth-order valence-corrected chi connectivity index (χ4v) is 1.94. The van der Waals surface area contributed by atoms with E-state index in [-0.39, 0.29) is 5.91 Å². The first-order chi connectivity index (χ1) is 8.70. The molecule has 0 aliphatic rings. The summed E-state index contributed by atoms with van der Waals surface area (Å²) >= 11 is 0. The first-order valence-electron chi connectivity index (χ1n) is 6.39. The van der Waals surface area contributed by atoms with Crippen molar-refractivity contribution >= 4 is 16.8 Å². The standard InChI is InChI=1S/C14H19N3O/c1-3-14(18)15-7-4-8-17-13-9-11(2)5-6-12(13)10-16-17/h5-6,9-10H,3-4,7-8H2,1-2H3,(H,15,18). The quantitative estimate of drug-likeness (QED) is 0.821. The third-order valence-corrected chi connectivity index (χ3v) is 2.99. The Morgan fingerprint density at radius 2 is 2.28 bits per heavy atom. The van der Waals surface area contributed by atoms with Gasteiger partial charge in [0.15, 0.2) is 0 Å². The molecule has 0 saturated carbocycles. The Morgan fingerprint density at radius 3 is 3.06 bits per heavy atom. The van der Waals surface area contributed by atoms with Crippen LogP contribution in [0.4, 0.5) is 0 Å². The lowest BCUT2D eigenvalue weighted by atomic mass is 10.2. The number of aromatic nitrogens is 2. The number of hydrogen-bond acceptors (Lipinski definition) is 2. The molecule has 0 spiro atoms. The third kappa shape index (κ3) is 2.88. The van der Waals surface area contributed by atoms with Gasteiger partial charge in [-0.05, 0) is 25.0 Å². The molecule has 2 rings (SSSR count). The summed E-state index contributed by atoms with van der Waals surface area (Å²) in [6, 6.07) is 6.33. The summed E-state index contributed by atoms with van der Waals surface area (Å²) in [5.41, 5.74) is 2.40. The van der Waals surface area contributed by atoms with Crippen molar-refractivity contribution < 1.29 is 4.79 Å². The smallest absolute Gasteiger partial charge is 0.219 e. The van der Waals surface area contributed by atoms with Crippen molar-refractivity contribution in [1.29, 1.82) is 0 Å². The van der Waals surface area contributed by atoms with Gasteiger partial charge in [0.05, 0.1) is 11.7 Å². The molecule has 1 heterocycles. The lowest BCUT2D eigenvalue weighted by molar-refractivity contribution is -0.120. The fourth-order valence-electron chi connectivity index (χ4n) is 1.94. The molecule has 0 atom stereocenters. The average molecular weight is 245 g/mol. The van der Waals surface area contributed by atoms with Gasteiger partial charge in [-0.1, -0.05) is 19.1 Å². The van der Waals surface area contributed by atoms with Crippen LogP contribution in [0.1, 0.15) is 25.3 Å². The van der Waals surface area contributed by atoms with Gasteiger partial charge in [0.1, 0.15) is 0 Å². The highest BCUT2D eigenvalue weighted by Gasteiger charge is 2.02. The molecular formula is C14H19N3O. The molecule has 0 saturated heterocycles. The minimum absolute atomic E-state index is 0.108. The Morgan fingerprint density at radius 1 is 1.44 bits per heavy atom. The minimum Gasteiger partial charge on any atom is -0.356 e. The Bertz CT molecular complexity index is 545. The number of fused-ring (bicyclic) bond motifs is 1. The van der Waals surface area contributed by atoms with Crippen LogP contribution in [0.25, 0.3) is 10.9 Å². The van der Waals surface area contributed by atoms with Gasteiger partial charge in [-0.2, -0.15) is 5.10 Å². The maximum absolute atomic E-state index is 11.1. The van der Waals surface area contributed by atoms with Crippen molar-refractivity contribution in [2.75, 3.05) is 6.54 Å². The number of nitrogens with zero attached hydrogens (tertiary/aromatic N) is 2. The number of benzene rings is 1. The summed E-state index contributed by atoms with van der Waals surface area (Å²) in [5, 5.41) is 8.42. The van der Waals surface area contributed by atoms with Crippen LogP contribution in [-0.2, 0) is 11.3 Å². The fraction of sp³-hybridized carbons (Fsp3) is 0.429. The molecule has 18 heavy (non-hydrogen) atoms. The molecule has 1 aromatic heterocycles. The van der Waals surface area contributed by atoms with Crippen molar-refractivity contribution in [2.24, 2.45) is 0 Å². The number of amides is 1. The van der Waals surface area contributed by atoms with E-state index in [9.17, 15) is 4.79 Å². The van der Waals surface area contributed by atoms with Crippen LogP contribution in [0.15, 0.2) is 24.4 Å². The molecule has 1 aromatic carbocycles. The minimum atomic E-state index is 0.108. The summed E-state index contributed by atoms with van der Waals surface area (Å²) in [7, 11) is 0. The molecule has 0 fully saturated rings. The maximum atomic E-state index is 11.1. The zero-order valence-corrected chi connectivity index (χ0v) is 10.9. The van der Waals surface area contributed by atoms with Crippen LogP contribution in [0.5, 0.6) is 0 Å². The van der Waals surface area contributed by atoms with Crippen LogP contribution in [-0.4, -0.2) is 22.2 Å². The molecule has 4 heteroatoms. The van der Waals surface area contributed by atoms with Crippen molar-refractivity contribution in [3.05, 3.63) is 30.0 Å². The Balaban J connectivity index is 1.95. The SMILES string of the molecule is CCC(=O)NCCCn1ncc2ccc(C)cc21. The van der Waals surface area contributed by atoms with Gasteiger partial charge in [0.2, 0.25) is 5.91 Å². The molecule has 96 valence electrons. The molecule has 1 N–H and O–H groups in total. The molecule has 0 aliphatic heterocycles. The second-order valence-corrected chi connectivity index (χ2v) is 4.49. The zero-order valence-electron chi connectivity index (χ0n) is 10.9. The van der Waals surface area contributed by atoms with Crippen LogP contribution < -0.4 is 5.32 Å². The van der Waals surface area contributed by atoms with Crippen LogP contribution >= 0.6 is 0 Å². The summed E-state index contributed by atoms with van der Waals surface area (Å²) in [6.07, 6.45) is 3.33. The van der Waals surface area contributed by atoms with Crippen molar-refractivity contribution in [3.8, 4) is 0 Å². The monoisotopic (exact) mass is 245 g/mol. The van der Waals surface area contributed by atoms with Gasteiger partial charge in [0, 0.05) is 24.9 Å². The molecule has 0 bridgehead atoms. The highest BCUT2D eigenvalue weighted by atomic mass is 16.1. The molecule has 0 aliphatic carbocycles. The summed E-state index contributed by atoms with van der Waals surface area (Å²) in [4.78, 5) is 11.1. The Kier molecular flexibility index (Phi) is 3.97. The molecular weight excluding hydrogens is 226 g/mol. The van der Waals surface area contributed by atoms with Gasteiger partial charge in [0.25, 0.3) is 0 Å². The van der Waals surface area contributed by atoms with E-state index >= 15 is 0 Å². The second-order valence-electron chi connectivity index (χ2n) is 4.49. The van der Waals surface area contributed by atoms with Crippen LogP contribution in [0.2, 0.25) is 0 Å². The summed E-state index contributed by atoms with van der Waals surface area (Å²) in [5.74, 6) is 0.108. The van der Waals surface area contributed by atoms with E-state index in [2.05, 4.69) is 35.5 Å². The predicted molar refractivity (Wildman–Crippen MR) is 72.4 cm³/mol. The number of hydrogen-bond donors (Lipinski definition) is 1. The van der Waals surface area contributed by atoms with E-state index < -0.39 is 0 Å².